The predicted octanol–water partition coefficient (Wildman–Crippen LogP) is 5.30. The molecule has 4 aromatic rings. The summed E-state index contributed by atoms with van der Waals surface area (Å²) in [6.07, 6.45) is 0.499. The van der Waals surface area contributed by atoms with Crippen molar-refractivity contribution >= 4 is 11.6 Å². The first-order chi connectivity index (χ1) is 18.7. The Hall–Kier alpha value is -3.93. The van der Waals surface area contributed by atoms with Crippen LogP contribution in [0.25, 0.3) is 0 Å². The van der Waals surface area contributed by atoms with Crippen LogP contribution >= 0.6 is 0 Å². The van der Waals surface area contributed by atoms with E-state index in [1.54, 1.807) is 0 Å². The first-order valence-electron chi connectivity index (χ1n) is 13.2. The zero-order valence-corrected chi connectivity index (χ0v) is 21.4. The maximum absolute atomic E-state index is 13.2. The SMILES string of the molecule is O=C(N[C@H](CO)c1ccccc1)[C@@H](Cc1ccc(N(Cc2ccccc2)Cc2ccccc2)cc1)C1CO1. The van der Waals surface area contributed by atoms with Crippen LogP contribution in [0, 0.1) is 5.92 Å². The van der Waals surface area contributed by atoms with Crippen LogP contribution < -0.4 is 10.2 Å². The summed E-state index contributed by atoms with van der Waals surface area (Å²) in [5, 5.41) is 12.9. The third-order valence-electron chi connectivity index (χ3n) is 7.04. The van der Waals surface area contributed by atoms with Crippen LogP contribution in [0.2, 0.25) is 0 Å². The molecule has 5 rings (SSSR count). The molecule has 194 valence electrons. The molecule has 5 nitrogen and oxygen atoms in total. The summed E-state index contributed by atoms with van der Waals surface area (Å²) in [7, 11) is 0. The van der Waals surface area contributed by atoms with Gasteiger partial charge in [-0.15, -0.1) is 0 Å². The minimum Gasteiger partial charge on any atom is -0.394 e. The molecule has 1 saturated heterocycles. The van der Waals surface area contributed by atoms with Crippen molar-refractivity contribution in [3.05, 3.63) is 138 Å². The van der Waals surface area contributed by atoms with E-state index in [2.05, 4.69) is 83.0 Å². The van der Waals surface area contributed by atoms with E-state index in [1.165, 1.54) is 11.1 Å². The zero-order chi connectivity index (χ0) is 26.2. The highest BCUT2D eigenvalue weighted by Crippen LogP contribution is 2.27. The molecule has 0 saturated carbocycles. The molecule has 38 heavy (non-hydrogen) atoms. The Kier molecular flexibility index (Phi) is 8.49. The molecule has 0 bridgehead atoms. The second-order valence-corrected chi connectivity index (χ2v) is 9.83. The Morgan fingerprint density at radius 3 is 1.82 bits per heavy atom. The molecule has 1 fully saturated rings. The van der Waals surface area contributed by atoms with Gasteiger partial charge in [0.1, 0.15) is 0 Å². The summed E-state index contributed by atoms with van der Waals surface area (Å²) < 4.78 is 5.55. The summed E-state index contributed by atoms with van der Waals surface area (Å²) >= 11 is 0. The number of amides is 1. The van der Waals surface area contributed by atoms with Gasteiger partial charge in [-0.3, -0.25) is 4.79 Å². The van der Waals surface area contributed by atoms with Gasteiger partial charge in [0.25, 0.3) is 0 Å². The molecule has 1 aliphatic heterocycles. The van der Waals surface area contributed by atoms with E-state index in [4.69, 9.17) is 4.74 Å². The van der Waals surface area contributed by atoms with Crippen LogP contribution in [0.3, 0.4) is 0 Å². The van der Waals surface area contributed by atoms with Crippen molar-refractivity contribution in [3.63, 3.8) is 0 Å². The largest absolute Gasteiger partial charge is 0.394 e. The van der Waals surface area contributed by atoms with Crippen LogP contribution in [-0.4, -0.2) is 30.3 Å². The Morgan fingerprint density at radius 1 is 0.789 bits per heavy atom. The van der Waals surface area contributed by atoms with Gasteiger partial charge in [-0.25, -0.2) is 0 Å². The average molecular weight is 507 g/mol. The van der Waals surface area contributed by atoms with Gasteiger partial charge in [0.15, 0.2) is 0 Å². The van der Waals surface area contributed by atoms with Gasteiger partial charge in [-0.05, 0) is 40.8 Å². The van der Waals surface area contributed by atoms with Crippen molar-refractivity contribution in [2.24, 2.45) is 5.92 Å². The molecule has 3 atom stereocenters. The topological polar surface area (TPSA) is 65.1 Å². The van der Waals surface area contributed by atoms with Crippen LogP contribution in [0.15, 0.2) is 115 Å². The van der Waals surface area contributed by atoms with E-state index in [0.717, 1.165) is 29.9 Å². The summed E-state index contributed by atoms with van der Waals surface area (Å²) in [4.78, 5) is 15.6. The third-order valence-corrected chi connectivity index (χ3v) is 7.04. The monoisotopic (exact) mass is 506 g/mol. The van der Waals surface area contributed by atoms with Crippen LogP contribution in [0.4, 0.5) is 5.69 Å². The Balaban J connectivity index is 1.29. The lowest BCUT2D eigenvalue weighted by molar-refractivity contribution is -0.126. The van der Waals surface area contributed by atoms with Crippen molar-refractivity contribution in [2.45, 2.75) is 31.7 Å². The molecule has 0 aromatic heterocycles. The fraction of sp³-hybridized carbons (Fsp3) is 0.242. The lowest BCUT2D eigenvalue weighted by Crippen LogP contribution is -2.38. The second kappa shape index (κ2) is 12.5. The predicted molar refractivity (Wildman–Crippen MR) is 151 cm³/mol. The standard InChI is InChI=1S/C33H34N2O3/c36-23-31(28-14-8-3-9-15-28)34-33(37)30(32-24-38-32)20-25-16-18-29(19-17-25)35(21-26-10-4-1-5-11-26)22-27-12-6-2-7-13-27/h1-19,30-32,36H,20-24H2,(H,34,37)/t30-,31+,32?/m0/s1. The second-order valence-electron chi connectivity index (χ2n) is 9.83. The third kappa shape index (κ3) is 6.88. The molecule has 0 spiro atoms. The van der Waals surface area contributed by atoms with E-state index in [-0.39, 0.29) is 24.5 Å². The van der Waals surface area contributed by atoms with Gasteiger partial charge in [-0.1, -0.05) is 103 Å². The number of epoxide rings is 1. The van der Waals surface area contributed by atoms with Gasteiger partial charge < -0.3 is 20.1 Å². The number of hydrogen-bond acceptors (Lipinski definition) is 4. The van der Waals surface area contributed by atoms with Gasteiger partial charge in [0.2, 0.25) is 5.91 Å². The van der Waals surface area contributed by atoms with Crippen molar-refractivity contribution in [3.8, 4) is 0 Å². The average Bonchev–Trinajstić information content (AvgIpc) is 3.81. The lowest BCUT2D eigenvalue weighted by atomic mass is 9.94. The van der Waals surface area contributed by atoms with Crippen LogP contribution in [0.1, 0.15) is 28.3 Å². The molecule has 0 radical (unpaired) electrons. The zero-order valence-electron chi connectivity index (χ0n) is 21.4. The van der Waals surface area contributed by atoms with Crippen LogP contribution in [0.5, 0.6) is 0 Å². The molecular weight excluding hydrogens is 472 g/mol. The molecular formula is C33H34N2O3. The summed E-state index contributed by atoms with van der Waals surface area (Å²) in [5.41, 5.74) is 5.62. The molecule has 1 amide bonds. The van der Waals surface area contributed by atoms with Crippen molar-refractivity contribution in [1.82, 2.24) is 5.32 Å². The number of nitrogens with zero attached hydrogens (tertiary/aromatic N) is 1. The quantitative estimate of drug-likeness (QED) is 0.256. The molecule has 1 heterocycles. The summed E-state index contributed by atoms with van der Waals surface area (Å²) in [5.74, 6) is -0.391. The van der Waals surface area contributed by atoms with Crippen LogP contribution in [-0.2, 0) is 29.0 Å². The van der Waals surface area contributed by atoms with E-state index < -0.39 is 6.04 Å². The molecule has 2 N–H and O–H groups in total. The van der Waals surface area contributed by atoms with E-state index >= 15 is 0 Å². The fourth-order valence-corrected chi connectivity index (χ4v) is 4.82. The number of nitrogens with one attached hydrogen (secondary N) is 1. The lowest BCUT2D eigenvalue weighted by Gasteiger charge is -2.26. The smallest absolute Gasteiger partial charge is 0.226 e. The number of benzene rings is 4. The summed E-state index contributed by atoms with van der Waals surface area (Å²) in [6.45, 7) is 2.05. The van der Waals surface area contributed by atoms with Gasteiger partial charge >= 0.3 is 0 Å². The number of carbonyl (C=O) groups excluding carboxylic acids is 1. The van der Waals surface area contributed by atoms with E-state index in [0.29, 0.717) is 13.0 Å². The van der Waals surface area contributed by atoms with E-state index in [9.17, 15) is 9.90 Å². The molecule has 1 unspecified atom stereocenters. The minimum absolute atomic E-state index is 0.0857. The number of aliphatic hydroxyl groups is 1. The molecule has 0 aliphatic carbocycles. The van der Waals surface area contributed by atoms with Crippen molar-refractivity contribution in [2.75, 3.05) is 18.1 Å². The number of ether oxygens (including phenoxy) is 1. The highest BCUT2D eigenvalue weighted by atomic mass is 16.6. The number of rotatable bonds is 12. The molecule has 1 aliphatic rings. The van der Waals surface area contributed by atoms with Gasteiger partial charge in [0.05, 0.1) is 31.3 Å². The molecule has 5 heteroatoms. The maximum atomic E-state index is 13.2. The Bertz CT molecular complexity index is 1230. The first kappa shape index (κ1) is 25.7. The minimum atomic E-state index is -0.433. The first-order valence-corrected chi connectivity index (χ1v) is 13.2. The highest BCUT2D eigenvalue weighted by Gasteiger charge is 2.38. The highest BCUT2D eigenvalue weighted by molar-refractivity contribution is 5.80. The van der Waals surface area contributed by atoms with Crippen molar-refractivity contribution < 1.29 is 14.6 Å². The fourth-order valence-electron chi connectivity index (χ4n) is 4.82. The number of anilines is 1. The number of carbonyl (C=O) groups is 1. The Morgan fingerprint density at radius 2 is 1.32 bits per heavy atom. The van der Waals surface area contributed by atoms with E-state index in [1.807, 2.05) is 42.5 Å². The summed E-state index contributed by atoms with van der Waals surface area (Å²) in [6, 6.07) is 38.6. The maximum Gasteiger partial charge on any atom is 0.226 e. The van der Waals surface area contributed by atoms with Gasteiger partial charge in [-0.2, -0.15) is 0 Å². The normalized spacial score (nSPS) is 15.9. The molecule has 4 aromatic carbocycles. The van der Waals surface area contributed by atoms with Crippen molar-refractivity contribution in [1.29, 1.82) is 0 Å². The number of aliphatic hydroxyl groups excluding tert-OH is 1. The van der Waals surface area contributed by atoms with Gasteiger partial charge in [0, 0.05) is 18.8 Å². The number of hydrogen-bond donors (Lipinski definition) is 2. The Labute approximate surface area is 224 Å².